The highest BCUT2D eigenvalue weighted by Crippen LogP contribution is 2.42. The summed E-state index contributed by atoms with van der Waals surface area (Å²) in [5, 5.41) is 1.94. The first-order chi connectivity index (χ1) is 19.3. The molecule has 0 aliphatic carbocycles. The summed E-state index contributed by atoms with van der Waals surface area (Å²) in [6, 6.07) is 22.8. The van der Waals surface area contributed by atoms with Gasteiger partial charge in [0.15, 0.2) is 23.8 Å². The molecule has 1 N–H and O–H groups in total. The molecule has 204 valence electrons. The fraction of sp³-hybridized carbons (Fsp3) is 0.143. The number of rotatable bonds is 9. The van der Waals surface area contributed by atoms with E-state index in [0.29, 0.717) is 11.1 Å². The quantitative estimate of drug-likeness (QED) is 0.176. The first kappa shape index (κ1) is 27.2. The molecule has 2 heterocycles. The maximum atomic E-state index is 13.3. The second-order valence-corrected chi connectivity index (χ2v) is 11.4. The van der Waals surface area contributed by atoms with Crippen LogP contribution in [0.3, 0.4) is 0 Å². The lowest BCUT2D eigenvalue weighted by Gasteiger charge is -2.49. The Labute approximate surface area is 234 Å². The molecule has 0 saturated carbocycles. The fourth-order valence-corrected chi connectivity index (χ4v) is 6.45. The Morgan fingerprint density at radius 3 is 2.08 bits per heavy atom. The van der Waals surface area contributed by atoms with Crippen molar-refractivity contribution in [1.82, 2.24) is 10.2 Å². The first-order valence-corrected chi connectivity index (χ1v) is 14.5. The molecule has 0 bridgehead atoms. The van der Waals surface area contributed by atoms with Gasteiger partial charge >= 0.3 is 16.1 Å². The zero-order valence-corrected chi connectivity index (χ0v) is 22.4. The van der Waals surface area contributed by atoms with E-state index in [-0.39, 0.29) is 16.4 Å². The van der Waals surface area contributed by atoms with Crippen molar-refractivity contribution in [1.29, 1.82) is 0 Å². The van der Waals surface area contributed by atoms with Gasteiger partial charge in [-0.25, -0.2) is 4.79 Å². The van der Waals surface area contributed by atoms with Crippen LogP contribution in [0, 0.1) is 0 Å². The molecular weight excluding hydrogens is 556 g/mol. The van der Waals surface area contributed by atoms with Crippen LogP contribution < -0.4 is 5.32 Å². The van der Waals surface area contributed by atoms with Crippen LogP contribution in [-0.4, -0.2) is 60.7 Å². The van der Waals surface area contributed by atoms with Gasteiger partial charge in [0, 0.05) is 11.1 Å². The molecule has 2 aliphatic rings. The lowest BCUT2D eigenvalue weighted by Crippen LogP contribution is -2.70. The van der Waals surface area contributed by atoms with Crippen molar-refractivity contribution in [3.8, 4) is 0 Å². The Morgan fingerprint density at radius 2 is 1.45 bits per heavy atom. The van der Waals surface area contributed by atoms with E-state index < -0.39 is 57.4 Å². The Hall–Kier alpha value is -4.42. The number of fused-ring (bicyclic) bond motifs is 1. The number of thioether (sulfide) groups is 1. The molecular formula is C28H22N2O8S2. The predicted molar refractivity (Wildman–Crippen MR) is 144 cm³/mol. The number of hydrogen-bond acceptors (Lipinski definition) is 9. The number of β-lactam (4-membered cyclic amide) rings is 1. The zero-order chi connectivity index (χ0) is 28.3. The number of Topliss-reactive ketones (excluding diaryl/α,β-unsaturated/α-hetero) is 1. The minimum Gasteiger partial charge on any atom is -0.453 e. The number of amides is 2. The van der Waals surface area contributed by atoms with Crippen molar-refractivity contribution in [2.45, 2.75) is 16.3 Å². The van der Waals surface area contributed by atoms with E-state index in [9.17, 15) is 27.6 Å². The van der Waals surface area contributed by atoms with E-state index >= 15 is 0 Å². The Balaban J connectivity index is 1.40. The van der Waals surface area contributed by atoms with Gasteiger partial charge in [-0.2, -0.15) is 8.42 Å². The number of nitrogens with one attached hydrogen (secondary N) is 1. The first-order valence-electron chi connectivity index (χ1n) is 12.0. The van der Waals surface area contributed by atoms with Crippen molar-refractivity contribution in [3.05, 3.63) is 114 Å². The van der Waals surface area contributed by atoms with Crippen LogP contribution in [0.4, 0.5) is 0 Å². The van der Waals surface area contributed by atoms with Crippen LogP contribution in [0.5, 0.6) is 0 Å². The highest BCUT2D eigenvalue weighted by Gasteiger charge is 2.55. The molecule has 2 aliphatic heterocycles. The molecule has 0 aromatic heterocycles. The minimum atomic E-state index is -4.36. The van der Waals surface area contributed by atoms with Crippen LogP contribution in [0.2, 0.25) is 0 Å². The summed E-state index contributed by atoms with van der Waals surface area (Å²) in [5.41, 5.74) is 0.231. The van der Waals surface area contributed by atoms with Crippen LogP contribution in [0.1, 0.15) is 20.7 Å². The average Bonchev–Trinajstić information content (AvgIpc) is 2.99. The number of carbonyl (C=O) groups is 4. The van der Waals surface area contributed by atoms with Crippen LogP contribution >= 0.6 is 11.8 Å². The molecule has 3 aromatic carbocycles. The lowest BCUT2D eigenvalue weighted by atomic mass is 10.0. The molecule has 3 aromatic rings. The largest absolute Gasteiger partial charge is 0.453 e. The summed E-state index contributed by atoms with van der Waals surface area (Å²) in [4.78, 5) is 52.5. The van der Waals surface area contributed by atoms with E-state index in [1.807, 2.05) is 0 Å². The van der Waals surface area contributed by atoms with Gasteiger partial charge in [0.25, 0.3) is 11.8 Å². The van der Waals surface area contributed by atoms with Crippen LogP contribution in [-0.2, 0) is 28.6 Å². The summed E-state index contributed by atoms with van der Waals surface area (Å²) >= 11 is 1.12. The maximum Gasteiger partial charge on any atom is 0.359 e. The Morgan fingerprint density at radius 1 is 0.875 bits per heavy atom. The van der Waals surface area contributed by atoms with Crippen molar-refractivity contribution in [3.63, 3.8) is 0 Å². The molecule has 0 spiro atoms. The molecule has 0 radical (unpaired) electrons. The molecule has 40 heavy (non-hydrogen) atoms. The molecule has 12 heteroatoms. The topological polar surface area (TPSA) is 136 Å². The van der Waals surface area contributed by atoms with E-state index in [4.69, 9.17) is 8.92 Å². The third kappa shape index (κ3) is 5.49. The zero-order valence-electron chi connectivity index (χ0n) is 20.8. The summed E-state index contributed by atoms with van der Waals surface area (Å²) in [6.45, 7) is -0.640. The fourth-order valence-electron chi connectivity index (χ4n) is 4.13. The van der Waals surface area contributed by atoms with Crippen LogP contribution in [0.25, 0.3) is 0 Å². The van der Waals surface area contributed by atoms with Gasteiger partial charge < -0.3 is 14.2 Å². The number of ether oxygens (including phenoxy) is 1. The number of ketones is 1. The Bertz CT molecular complexity index is 1590. The van der Waals surface area contributed by atoms with E-state index in [0.717, 1.165) is 16.7 Å². The normalized spacial score (nSPS) is 18.3. The van der Waals surface area contributed by atoms with Gasteiger partial charge in [-0.05, 0) is 24.3 Å². The summed E-state index contributed by atoms with van der Waals surface area (Å²) < 4.78 is 36.4. The minimum absolute atomic E-state index is 0.116. The van der Waals surface area contributed by atoms with Gasteiger partial charge in [-0.3, -0.25) is 19.3 Å². The molecule has 5 rings (SSSR count). The SMILES string of the molecule is O=C(OCC(=O)c1ccccc1)C1=C(OS(=O)(=O)c2ccccc2)CS[C@H]2C(NC(=O)c3ccccc3)C(=O)N12. The third-order valence-electron chi connectivity index (χ3n) is 6.12. The maximum absolute atomic E-state index is 13.3. The molecule has 2 atom stereocenters. The summed E-state index contributed by atoms with van der Waals surface area (Å²) in [7, 11) is -4.36. The van der Waals surface area contributed by atoms with Gasteiger partial charge in [0.2, 0.25) is 0 Å². The number of carbonyl (C=O) groups excluding carboxylic acids is 4. The van der Waals surface area contributed by atoms with Gasteiger partial charge in [-0.1, -0.05) is 66.7 Å². The second kappa shape index (κ2) is 11.4. The smallest absolute Gasteiger partial charge is 0.359 e. The molecule has 1 saturated heterocycles. The molecule has 1 unspecified atom stereocenters. The van der Waals surface area contributed by atoms with Gasteiger partial charge in [0.1, 0.15) is 16.3 Å². The predicted octanol–water partition coefficient (Wildman–Crippen LogP) is 2.74. The van der Waals surface area contributed by atoms with Crippen LogP contribution in [0.15, 0.2) is 107 Å². The molecule has 1 fully saturated rings. The molecule has 2 amide bonds. The highest BCUT2D eigenvalue weighted by molar-refractivity contribution is 8.00. The average molecular weight is 579 g/mol. The van der Waals surface area contributed by atoms with Gasteiger partial charge in [0.05, 0.1) is 5.75 Å². The van der Waals surface area contributed by atoms with Crippen molar-refractivity contribution >= 4 is 45.4 Å². The van der Waals surface area contributed by atoms with E-state index in [1.165, 1.54) is 24.3 Å². The second-order valence-electron chi connectivity index (χ2n) is 8.71. The van der Waals surface area contributed by atoms with Crippen molar-refractivity contribution < 1.29 is 36.5 Å². The van der Waals surface area contributed by atoms with E-state index in [2.05, 4.69) is 5.32 Å². The Kier molecular flexibility index (Phi) is 7.71. The number of benzene rings is 3. The number of hydrogen-bond donors (Lipinski definition) is 1. The standard InChI is InChI=1S/C28H22N2O8S2/c31-21(18-10-4-1-5-11-18)16-37-28(34)24-22(38-40(35,36)20-14-8-3-9-15-20)17-39-27-23(26(33)30(24)27)29-25(32)19-12-6-2-7-13-19/h1-15,23,27H,16-17H2,(H,29,32)/t23?,27-/m0/s1. The lowest BCUT2D eigenvalue weighted by molar-refractivity contribution is -0.151. The number of nitrogens with zero attached hydrogens (tertiary/aromatic N) is 1. The third-order valence-corrected chi connectivity index (χ3v) is 8.65. The number of esters is 1. The highest BCUT2D eigenvalue weighted by atomic mass is 32.2. The monoisotopic (exact) mass is 578 g/mol. The van der Waals surface area contributed by atoms with Crippen molar-refractivity contribution in [2.24, 2.45) is 0 Å². The van der Waals surface area contributed by atoms with Gasteiger partial charge in [-0.15, -0.1) is 11.8 Å². The summed E-state index contributed by atoms with van der Waals surface area (Å²) in [5.74, 6) is -3.15. The summed E-state index contributed by atoms with van der Waals surface area (Å²) in [6.07, 6.45) is 0. The van der Waals surface area contributed by atoms with Crippen molar-refractivity contribution in [2.75, 3.05) is 12.4 Å². The van der Waals surface area contributed by atoms with E-state index in [1.54, 1.807) is 66.7 Å². The molecule has 10 nitrogen and oxygen atoms in total.